The van der Waals surface area contributed by atoms with Crippen molar-refractivity contribution in [3.8, 4) is 16.9 Å². The molecule has 0 aliphatic heterocycles. The summed E-state index contributed by atoms with van der Waals surface area (Å²) in [5.74, 6) is -0.248. The maximum absolute atomic E-state index is 13.3. The molecule has 4 nitrogen and oxygen atoms in total. The SMILES string of the molecule is Cl.OC1CCC(NCc2cn(-c3ccccc3)nc2-c2ccc(F)cc2)CC1. The Balaban J connectivity index is 0.00000225. The summed E-state index contributed by atoms with van der Waals surface area (Å²) in [6, 6.07) is 16.9. The Labute approximate surface area is 170 Å². The third-order valence-electron chi connectivity index (χ3n) is 5.21. The lowest BCUT2D eigenvalue weighted by Crippen LogP contribution is -2.34. The Bertz CT molecular complexity index is 875. The van der Waals surface area contributed by atoms with Gasteiger partial charge in [0.25, 0.3) is 0 Å². The van der Waals surface area contributed by atoms with Gasteiger partial charge in [-0.25, -0.2) is 9.07 Å². The van der Waals surface area contributed by atoms with Gasteiger partial charge in [-0.15, -0.1) is 12.4 Å². The van der Waals surface area contributed by atoms with Crippen LogP contribution < -0.4 is 5.32 Å². The predicted molar refractivity (Wildman–Crippen MR) is 111 cm³/mol. The highest BCUT2D eigenvalue weighted by Gasteiger charge is 2.20. The molecule has 0 saturated heterocycles. The van der Waals surface area contributed by atoms with Crippen LogP contribution in [0, 0.1) is 5.82 Å². The third-order valence-corrected chi connectivity index (χ3v) is 5.21. The Hall–Kier alpha value is -2.21. The van der Waals surface area contributed by atoms with Gasteiger partial charge in [-0.3, -0.25) is 0 Å². The number of aliphatic hydroxyl groups is 1. The third kappa shape index (κ3) is 4.79. The topological polar surface area (TPSA) is 50.1 Å². The van der Waals surface area contributed by atoms with Gasteiger partial charge in [0, 0.05) is 29.9 Å². The van der Waals surface area contributed by atoms with Crippen LogP contribution in [0.5, 0.6) is 0 Å². The fraction of sp³-hybridized carbons (Fsp3) is 0.318. The summed E-state index contributed by atoms with van der Waals surface area (Å²) in [5.41, 5.74) is 3.84. The minimum atomic E-state index is -0.248. The van der Waals surface area contributed by atoms with Crippen LogP contribution in [0.15, 0.2) is 60.8 Å². The number of hydrogen-bond acceptors (Lipinski definition) is 3. The van der Waals surface area contributed by atoms with E-state index in [1.165, 1.54) is 12.1 Å². The molecular weight excluding hydrogens is 377 g/mol. The molecule has 0 atom stereocenters. The van der Waals surface area contributed by atoms with Gasteiger partial charge in [0.05, 0.1) is 17.5 Å². The molecule has 0 spiro atoms. The van der Waals surface area contributed by atoms with E-state index in [4.69, 9.17) is 5.10 Å². The maximum atomic E-state index is 13.3. The van der Waals surface area contributed by atoms with Crippen molar-refractivity contribution in [3.05, 3.63) is 72.2 Å². The molecule has 4 rings (SSSR count). The molecule has 1 aliphatic rings. The van der Waals surface area contributed by atoms with Crippen LogP contribution in [0.3, 0.4) is 0 Å². The van der Waals surface area contributed by atoms with E-state index in [0.29, 0.717) is 12.6 Å². The van der Waals surface area contributed by atoms with Crippen molar-refractivity contribution < 1.29 is 9.50 Å². The largest absolute Gasteiger partial charge is 0.393 e. The minimum Gasteiger partial charge on any atom is -0.393 e. The number of hydrogen-bond donors (Lipinski definition) is 2. The molecular formula is C22H25ClFN3O. The Morgan fingerprint density at radius 3 is 2.36 bits per heavy atom. The summed E-state index contributed by atoms with van der Waals surface area (Å²) in [4.78, 5) is 0. The van der Waals surface area contributed by atoms with Gasteiger partial charge in [-0.1, -0.05) is 18.2 Å². The van der Waals surface area contributed by atoms with Crippen molar-refractivity contribution in [2.45, 2.75) is 44.4 Å². The second-order valence-corrected chi connectivity index (χ2v) is 7.18. The number of rotatable bonds is 5. The second kappa shape index (κ2) is 9.32. The Morgan fingerprint density at radius 1 is 1.00 bits per heavy atom. The van der Waals surface area contributed by atoms with Gasteiger partial charge in [-0.2, -0.15) is 5.10 Å². The molecule has 1 aromatic heterocycles. The van der Waals surface area contributed by atoms with Crippen LogP contribution in [0.2, 0.25) is 0 Å². The zero-order chi connectivity index (χ0) is 18.6. The van der Waals surface area contributed by atoms with Crippen molar-refractivity contribution in [2.24, 2.45) is 0 Å². The van der Waals surface area contributed by atoms with Gasteiger partial charge in [0.15, 0.2) is 0 Å². The standard InChI is InChI=1S/C22H24FN3O.ClH/c23-18-8-6-16(7-9-18)22-17(14-24-19-10-12-21(27)13-11-19)15-26(25-22)20-4-2-1-3-5-20;/h1-9,15,19,21,24,27H,10-14H2;1H. The van der Waals surface area contributed by atoms with E-state index in [1.54, 1.807) is 12.1 Å². The summed E-state index contributed by atoms with van der Waals surface area (Å²) in [5, 5.41) is 18.1. The highest BCUT2D eigenvalue weighted by atomic mass is 35.5. The van der Waals surface area contributed by atoms with Gasteiger partial charge < -0.3 is 10.4 Å². The summed E-state index contributed by atoms with van der Waals surface area (Å²) in [6.07, 6.45) is 5.56. The van der Waals surface area contributed by atoms with E-state index in [2.05, 4.69) is 5.32 Å². The van der Waals surface area contributed by atoms with Gasteiger partial charge in [0.2, 0.25) is 0 Å². The number of nitrogens with one attached hydrogen (secondary N) is 1. The molecule has 1 heterocycles. The van der Waals surface area contributed by atoms with E-state index in [1.807, 2.05) is 41.2 Å². The molecule has 2 aromatic carbocycles. The van der Waals surface area contributed by atoms with Crippen LogP contribution in [0.25, 0.3) is 16.9 Å². The van der Waals surface area contributed by atoms with E-state index in [-0.39, 0.29) is 24.3 Å². The van der Waals surface area contributed by atoms with E-state index < -0.39 is 0 Å². The van der Waals surface area contributed by atoms with Crippen molar-refractivity contribution in [2.75, 3.05) is 0 Å². The van der Waals surface area contributed by atoms with Gasteiger partial charge >= 0.3 is 0 Å². The zero-order valence-corrected chi connectivity index (χ0v) is 16.4. The lowest BCUT2D eigenvalue weighted by molar-refractivity contribution is 0.116. The number of benzene rings is 2. The quantitative estimate of drug-likeness (QED) is 0.662. The first-order valence-corrected chi connectivity index (χ1v) is 9.50. The first-order chi connectivity index (χ1) is 13.2. The summed E-state index contributed by atoms with van der Waals surface area (Å²) < 4.78 is 15.2. The Kier molecular flexibility index (Phi) is 6.83. The molecule has 0 amide bonds. The molecule has 1 saturated carbocycles. The lowest BCUT2D eigenvalue weighted by atomic mass is 9.93. The molecule has 0 radical (unpaired) electrons. The normalized spacial score (nSPS) is 19.2. The zero-order valence-electron chi connectivity index (χ0n) is 15.6. The minimum absolute atomic E-state index is 0. The fourth-order valence-corrected chi connectivity index (χ4v) is 3.64. The average molecular weight is 402 g/mol. The highest BCUT2D eigenvalue weighted by Crippen LogP contribution is 2.25. The molecule has 2 N–H and O–H groups in total. The molecule has 3 aromatic rings. The highest BCUT2D eigenvalue weighted by molar-refractivity contribution is 5.85. The van der Waals surface area contributed by atoms with E-state index >= 15 is 0 Å². The fourth-order valence-electron chi connectivity index (χ4n) is 3.64. The van der Waals surface area contributed by atoms with Crippen LogP contribution in [-0.4, -0.2) is 27.0 Å². The number of halogens is 2. The smallest absolute Gasteiger partial charge is 0.123 e. The molecule has 0 unspecified atom stereocenters. The maximum Gasteiger partial charge on any atom is 0.123 e. The van der Waals surface area contributed by atoms with Gasteiger partial charge in [0.1, 0.15) is 5.82 Å². The number of nitrogens with zero attached hydrogens (tertiary/aromatic N) is 2. The summed E-state index contributed by atoms with van der Waals surface area (Å²) >= 11 is 0. The molecule has 28 heavy (non-hydrogen) atoms. The molecule has 1 aliphatic carbocycles. The van der Waals surface area contributed by atoms with Crippen LogP contribution in [0.4, 0.5) is 4.39 Å². The summed E-state index contributed by atoms with van der Waals surface area (Å²) in [7, 11) is 0. The van der Waals surface area contributed by atoms with Crippen molar-refractivity contribution >= 4 is 12.4 Å². The van der Waals surface area contributed by atoms with E-state index in [0.717, 1.165) is 48.2 Å². The number of para-hydroxylation sites is 1. The van der Waals surface area contributed by atoms with Crippen LogP contribution >= 0.6 is 12.4 Å². The Morgan fingerprint density at radius 2 is 1.68 bits per heavy atom. The van der Waals surface area contributed by atoms with Crippen molar-refractivity contribution in [1.29, 1.82) is 0 Å². The average Bonchev–Trinajstić information content (AvgIpc) is 3.13. The molecule has 6 heteroatoms. The second-order valence-electron chi connectivity index (χ2n) is 7.18. The first-order valence-electron chi connectivity index (χ1n) is 9.50. The van der Waals surface area contributed by atoms with Crippen molar-refractivity contribution in [3.63, 3.8) is 0 Å². The monoisotopic (exact) mass is 401 g/mol. The predicted octanol–water partition coefficient (Wildman–Crippen LogP) is 4.49. The van der Waals surface area contributed by atoms with E-state index in [9.17, 15) is 9.50 Å². The van der Waals surface area contributed by atoms with Crippen molar-refractivity contribution in [1.82, 2.24) is 15.1 Å². The molecule has 148 valence electrons. The van der Waals surface area contributed by atoms with Gasteiger partial charge in [-0.05, 0) is 62.1 Å². The molecule has 1 fully saturated rings. The summed E-state index contributed by atoms with van der Waals surface area (Å²) in [6.45, 7) is 0.695. The number of aliphatic hydroxyl groups excluding tert-OH is 1. The molecule has 0 bridgehead atoms. The van der Waals surface area contributed by atoms with Crippen LogP contribution in [0.1, 0.15) is 31.2 Å². The number of aromatic nitrogens is 2. The lowest BCUT2D eigenvalue weighted by Gasteiger charge is -2.26. The first kappa shape index (κ1) is 20.5. The van der Waals surface area contributed by atoms with Crippen LogP contribution in [-0.2, 0) is 6.54 Å².